The SMILES string of the molecule is CC(C)(N)C(=O)c1ccc2oc3ccc(C(=O)C(C)(C)N)cc3c2c1.Cl.Cl.O. The van der Waals surface area contributed by atoms with Crippen molar-refractivity contribution in [1.29, 1.82) is 0 Å². The molecule has 0 fully saturated rings. The highest BCUT2D eigenvalue weighted by molar-refractivity contribution is 6.13. The van der Waals surface area contributed by atoms with E-state index in [2.05, 4.69) is 0 Å². The third kappa shape index (κ3) is 4.71. The minimum absolute atomic E-state index is 0. The molecule has 6 N–H and O–H groups in total. The van der Waals surface area contributed by atoms with Gasteiger partial charge in [-0.25, -0.2) is 0 Å². The summed E-state index contributed by atoms with van der Waals surface area (Å²) in [6.45, 7) is 6.69. The first-order valence-electron chi connectivity index (χ1n) is 8.12. The zero-order valence-electron chi connectivity index (χ0n) is 16.2. The van der Waals surface area contributed by atoms with Crippen LogP contribution in [0.4, 0.5) is 0 Å². The van der Waals surface area contributed by atoms with Crippen molar-refractivity contribution < 1.29 is 19.5 Å². The second-order valence-electron chi connectivity index (χ2n) is 7.63. The van der Waals surface area contributed by atoms with Crippen molar-refractivity contribution in [1.82, 2.24) is 0 Å². The number of carbonyl (C=O) groups is 2. The Hall–Kier alpha value is -1.96. The van der Waals surface area contributed by atoms with Crippen molar-refractivity contribution >= 4 is 58.3 Å². The molecule has 0 saturated heterocycles. The Balaban J connectivity index is 0.00000243. The Morgan fingerprint density at radius 1 is 0.750 bits per heavy atom. The molecule has 0 aliphatic heterocycles. The second kappa shape index (κ2) is 8.59. The Bertz CT molecular complexity index is 934. The van der Waals surface area contributed by atoms with Crippen LogP contribution >= 0.6 is 24.8 Å². The summed E-state index contributed by atoms with van der Waals surface area (Å²) in [6.07, 6.45) is 0. The molecule has 0 atom stereocenters. The van der Waals surface area contributed by atoms with E-state index in [0.717, 1.165) is 10.8 Å². The van der Waals surface area contributed by atoms with Crippen molar-refractivity contribution in [3.05, 3.63) is 47.5 Å². The highest BCUT2D eigenvalue weighted by atomic mass is 35.5. The molecule has 8 heteroatoms. The maximum atomic E-state index is 12.4. The number of furan rings is 1. The number of hydrogen-bond acceptors (Lipinski definition) is 5. The molecule has 0 saturated carbocycles. The van der Waals surface area contributed by atoms with Gasteiger partial charge >= 0.3 is 0 Å². The first kappa shape index (κ1) is 26.0. The van der Waals surface area contributed by atoms with Gasteiger partial charge in [0, 0.05) is 21.9 Å². The van der Waals surface area contributed by atoms with Crippen LogP contribution in [0.2, 0.25) is 0 Å². The number of fused-ring (bicyclic) bond motifs is 3. The van der Waals surface area contributed by atoms with Gasteiger partial charge in [0.05, 0.1) is 11.1 Å². The van der Waals surface area contributed by atoms with Gasteiger partial charge in [0.25, 0.3) is 0 Å². The van der Waals surface area contributed by atoms with Gasteiger partial charge in [0.15, 0.2) is 11.6 Å². The molecule has 0 unspecified atom stereocenters. The fourth-order valence-corrected chi connectivity index (χ4v) is 2.80. The van der Waals surface area contributed by atoms with Crippen molar-refractivity contribution in [2.24, 2.45) is 11.5 Å². The van der Waals surface area contributed by atoms with Gasteiger partial charge < -0.3 is 21.4 Å². The van der Waals surface area contributed by atoms with Crippen molar-refractivity contribution in [3.8, 4) is 0 Å². The molecule has 0 amide bonds. The number of halogens is 2. The molecule has 0 spiro atoms. The molecule has 1 heterocycles. The standard InChI is InChI=1S/C20H22N2O3.2ClH.H2O/c1-19(2,21)17(23)11-5-7-15-13(9-11)14-10-12(6-8-16(14)25-15)18(24)20(3,4)22;;;/h5-10H,21-22H2,1-4H3;2*1H;1H2. The first-order valence-corrected chi connectivity index (χ1v) is 8.12. The highest BCUT2D eigenvalue weighted by Crippen LogP contribution is 2.31. The van der Waals surface area contributed by atoms with Gasteiger partial charge in [-0.15, -0.1) is 24.8 Å². The quantitative estimate of drug-likeness (QED) is 0.614. The molecular formula is C20H26Cl2N2O4. The summed E-state index contributed by atoms with van der Waals surface area (Å²) in [5.74, 6) is -0.307. The molecule has 0 radical (unpaired) electrons. The van der Waals surface area contributed by atoms with Crippen molar-refractivity contribution in [2.45, 2.75) is 38.8 Å². The van der Waals surface area contributed by atoms with E-state index in [1.807, 2.05) is 0 Å². The van der Waals surface area contributed by atoms with E-state index >= 15 is 0 Å². The molecule has 0 aliphatic carbocycles. The van der Waals surface area contributed by atoms with Crippen LogP contribution < -0.4 is 11.5 Å². The van der Waals surface area contributed by atoms with Gasteiger partial charge in [-0.05, 0) is 64.1 Å². The average molecular weight is 429 g/mol. The lowest BCUT2D eigenvalue weighted by atomic mass is 9.92. The largest absolute Gasteiger partial charge is 0.456 e. The van der Waals surface area contributed by atoms with Crippen LogP contribution in [-0.2, 0) is 0 Å². The van der Waals surface area contributed by atoms with Crippen LogP contribution in [0.3, 0.4) is 0 Å². The van der Waals surface area contributed by atoms with E-state index in [4.69, 9.17) is 15.9 Å². The maximum absolute atomic E-state index is 12.4. The van der Waals surface area contributed by atoms with Crippen LogP contribution in [0.25, 0.3) is 21.9 Å². The van der Waals surface area contributed by atoms with Gasteiger partial charge in [0.2, 0.25) is 0 Å². The van der Waals surface area contributed by atoms with Gasteiger partial charge in [-0.1, -0.05) is 0 Å². The third-order valence-corrected chi connectivity index (χ3v) is 4.16. The minimum atomic E-state index is -0.960. The van der Waals surface area contributed by atoms with Gasteiger partial charge in [-0.2, -0.15) is 0 Å². The molecule has 6 nitrogen and oxygen atoms in total. The van der Waals surface area contributed by atoms with Crippen LogP contribution in [-0.4, -0.2) is 28.1 Å². The number of hydrogen-bond donors (Lipinski definition) is 2. The normalized spacial score (nSPS) is 11.4. The van der Waals surface area contributed by atoms with Crippen LogP contribution in [0, 0.1) is 0 Å². The second-order valence-corrected chi connectivity index (χ2v) is 7.63. The molecule has 28 heavy (non-hydrogen) atoms. The fourth-order valence-electron chi connectivity index (χ4n) is 2.80. The lowest BCUT2D eigenvalue weighted by molar-refractivity contribution is 0.0907. The summed E-state index contributed by atoms with van der Waals surface area (Å²) in [5.41, 5.74) is 12.3. The number of rotatable bonds is 4. The minimum Gasteiger partial charge on any atom is -0.456 e. The number of Topliss-reactive ketones (excluding diaryl/α,β-unsaturated/α-hetero) is 2. The van der Waals surface area contributed by atoms with Gasteiger partial charge in [-0.3, -0.25) is 9.59 Å². The first-order chi connectivity index (χ1) is 11.5. The maximum Gasteiger partial charge on any atom is 0.182 e. The number of nitrogens with two attached hydrogens (primary N) is 2. The monoisotopic (exact) mass is 428 g/mol. The van der Waals surface area contributed by atoms with Crippen LogP contribution in [0.15, 0.2) is 40.8 Å². The zero-order chi connectivity index (χ0) is 18.6. The summed E-state index contributed by atoms with van der Waals surface area (Å²) in [7, 11) is 0. The topological polar surface area (TPSA) is 131 Å². The summed E-state index contributed by atoms with van der Waals surface area (Å²) < 4.78 is 5.81. The van der Waals surface area contributed by atoms with E-state index < -0.39 is 11.1 Å². The fraction of sp³-hybridized carbons (Fsp3) is 0.300. The number of ketones is 2. The Kier molecular flexibility index (Phi) is 7.99. The van der Waals surface area contributed by atoms with E-state index in [1.54, 1.807) is 64.1 Å². The molecule has 3 rings (SSSR count). The number of carbonyl (C=O) groups excluding carboxylic acids is 2. The summed E-state index contributed by atoms with van der Waals surface area (Å²) in [5, 5.41) is 1.55. The third-order valence-electron chi connectivity index (χ3n) is 4.16. The van der Waals surface area contributed by atoms with E-state index in [1.165, 1.54) is 0 Å². The van der Waals surface area contributed by atoms with E-state index in [9.17, 15) is 9.59 Å². The smallest absolute Gasteiger partial charge is 0.182 e. The van der Waals surface area contributed by atoms with Crippen molar-refractivity contribution in [3.63, 3.8) is 0 Å². The molecule has 154 valence electrons. The Morgan fingerprint density at radius 2 is 1.07 bits per heavy atom. The molecule has 0 aliphatic rings. The predicted molar refractivity (Wildman–Crippen MR) is 117 cm³/mol. The molecule has 2 aromatic carbocycles. The van der Waals surface area contributed by atoms with Crippen LogP contribution in [0.1, 0.15) is 48.4 Å². The summed E-state index contributed by atoms with van der Waals surface area (Å²) >= 11 is 0. The van der Waals surface area contributed by atoms with Crippen LogP contribution in [0.5, 0.6) is 0 Å². The highest BCUT2D eigenvalue weighted by Gasteiger charge is 2.26. The molecule has 1 aromatic heterocycles. The van der Waals surface area contributed by atoms with E-state index in [-0.39, 0.29) is 41.9 Å². The Labute approximate surface area is 175 Å². The molecule has 3 aromatic rings. The molecular weight excluding hydrogens is 403 g/mol. The number of benzene rings is 2. The lowest BCUT2D eigenvalue weighted by Gasteiger charge is -2.17. The zero-order valence-corrected chi connectivity index (χ0v) is 17.8. The average Bonchev–Trinajstić information content (AvgIpc) is 2.88. The Morgan fingerprint density at radius 3 is 1.36 bits per heavy atom. The summed E-state index contributed by atoms with van der Waals surface area (Å²) in [6, 6.07) is 10.4. The van der Waals surface area contributed by atoms with Gasteiger partial charge in [0.1, 0.15) is 11.2 Å². The van der Waals surface area contributed by atoms with E-state index in [0.29, 0.717) is 22.3 Å². The lowest BCUT2D eigenvalue weighted by Crippen LogP contribution is -2.41. The van der Waals surface area contributed by atoms with Crippen molar-refractivity contribution in [2.75, 3.05) is 0 Å². The molecule has 0 bridgehead atoms. The summed E-state index contributed by atoms with van der Waals surface area (Å²) in [4.78, 5) is 24.9. The predicted octanol–water partition coefficient (Wildman–Crippen LogP) is 3.44.